The Morgan fingerprint density at radius 2 is 1.55 bits per heavy atom. The fraction of sp³-hybridized carbons (Fsp3) is 0.300. The van der Waals surface area contributed by atoms with Gasteiger partial charge in [0.1, 0.15) is 0 Å². The number of hydrogen-bond donors (Lipinski definition) is 0. The normalized spacial score (nSPS) is 16.5. The highest BCUT2D eigenvalue weighted by molar-refractivity contribution is 5.35. The van der Waals surface area contributed by atoms with Crippen molar-refractivity contribution < 1.29 is 4.74 Å². The molecule has 2 nitrogen and oxygen atoms in total. The lowest BCUT2D eigenvalue weighted by Crippen LogP contribution is -2.43. The van der Waals surface area contributed by atoms with Gasteiger partial charge in [0.05, 0.1) is 19.3 Å². The Balaban J connectivity index is 1.78. The summed E-state index contributed by atoms with van der Waals surface area (Å²) in [6.07, 6.45) is 0.959. The van der Waals surface area contributed by atoms with Crippen LogP contribution in [0.4, 0.5) is 0 Å². The van der Waals surface area contributed by atoms with Gasteiger partial charge in [-0.05, 0) is 24.1 Å². The maximum Gasteiger partial charge on any atom is 0.0760 e. The van der Waals surface area contributed by atoms with E-state index in [4.69, 9.17) is 4.74 Å². The van der Waals surface area contributed by atoms with Crippen molar-refractivity contribution in [1.82, 2.24) is 4.90 Å². The SMILES string of the molecule is C(#CC(Cc1ccccc1)N1CCOCC1)c1ccccc1. The monoisotopic (exact) mass is 291 g/mol. The highest BCUT2D eigenvalue weighted by Gasteiger charge is 2.19. The van der Waals surface area contributed by atoms with E-state index in [1.54, 1.807) is 0 Å². The minimum Gasteiger partial charge on any atom is -0.379 e. The molecule has 1 aliphatic rings. The van der Waals surface area contributed by atoms with E-state index in [1.165, 1.54) is 5.56 Å². The molecule has 22 heavy (non-hydrogen) atoms. The summed E-state index contributed by atoms with van der Waals surface area (Å²) in [6, 6.07) is 21.1. The largest absolute Gasteiger partial charge is 0.379 e. The highest BCUT2D eigenvalue weighted by atomic mass is 16.5. The molecule has 1 unspecified atom stereocenters. The van der Waals surface area contributed by atoms with Crippen molar-refractivity contribution in [2.45, 2.75) is 12.5 Å². The van der Waals surface area contributed by atoms with Crippen LogP contribution in [0.3, 0.4) is 0 Å². The topological polar surface area (TPSA) is 12.5 Å². The predicted molar refractivity (Wildman–Crippen MR) is 89.6 cm³/mol. The van der Waals surface area contributed by atoms with Gasteiger partial charge in [-0.25, -0.2) is 0 Å². The molecule has 2 aromatic carbocycles. The van der Waals surface area contributed by atoms with Gasteiger partial charge < -0.3 is 4.74 Å². The van der Waals surface area contributed by atoms with Crippen LogP contribution in [0.2, 0.25) is 0 Å². The third kappa shape index (κ3) is 4.21. The smallest absolute Gasteiger partial charge is 0.0760 e. The summed E-state index contributed by atoms with van der Waals surface area (Å²) in [4.78, 5) is 2.44. The Morgan fingerprint density at radius 1 is 0.909 bits per heavy atom. The lowest BCUT2D eigenvalue weighted by atomic mass is 10.0. The minimum absolute atomic E-state index is 0.242. The molecule has 3 rings (SSSR count). The standard InChI is InChI=1S/C20H21NO/c1-3-7-18(8-4-1)11-12-20(21-13-15-22-16-14-21)17-19-9-5-2-6-10-19/h1-10,20H,13-17H2. The Hall–Kier alpha value is -2.08. The summed E-state index contributed by atoms with van der Waals surface area (Å²) in [7, 11) is 0. The number of hydrogen-bond acceptors (Lipinski definition) is 2. The summed E-state index contributed by atoms with van der Waals surface area (Å²) in [5, 5.41) is 0. The molecule has 0 spiro atoms. The molecule has 0 aliphatic carbocycles. The Morgan fingerprint density at radius 3 is 2.23 bits per heavy atom. The molecule has 0 bridgehead atoms. The zero-order chi connectivity index (χ0) is 15.0. The van der Waals surface area contributed by atoms with Crippen molar-refractivity contribution in [2.24, 2.45) is 0 Å². The molecule has 0 N–H and O–H groups in total. The Labute approximate surface area is 132 Å². The van der Waals surface area contributed by atoms with Crippen LogP contribution in [0.25, 0.3) is 0 Å². The predicted octanol–water partition coefficient (Wildman–Crippen LogP) is 2.98. The van der Waals surface area contributed by atoms with Crippen molar-refractivity contribution >= 4 is 0 Å². The van der Waals surface area contributed by atoms with Crippen molar-refractivity contribution in [3.8, 4) is 11.8 Å². The van der Waals surface area contributed by atoms with E-state index in [2.05, 4.69) is 59.2 Å². The first kappa shape index (κ1) is 14.8. The van der Waals surface area contributed by atoms with Gasteiger partial charge in [0, 0.05) is 18.7 Å². The summed E-state index contributed by atoms with van der Waals surface area (Å²) >= 11 is 0. The van der Waals surface area contributed by atoms with E-state index in [9.17, 15) is 0 Å². The van der Waals surface area contributed by atoms with Crippen LogP contribution in [-0.2, 0) is 11.2 Å². The number of nitrogens with zero attached hydrogens (tertiary/aromatic N) is 1. The molecule has 0 amide bonds. The molecule has 0 saturated carbocycles. The molecular formula is C20H21NO. The van der Waals surface area contributed by atoms with Gasteiger partial charge >= 0.3 is 0 Å². The zero-order valence-electron chi connectivity index (χ0n) is 12.7. The molecule has 1 heterocycles. The second kappa shape index (κ2) is 7.79. The van der Waals surface area contributed by atoms with E-state index < -0.39 is 0 Å². The summed E-state index contributed by atoms with van der Waals surface area (Å²) in [5.41, 5.74) is 2.41. The molecular weight excluding hydrogens is 270 g/mol. The first-order chi connectivity index (χ1) is 10.9. The van der Waals surface area contributed by atoms with Crippen LogP contribution < -0.4 is 0 Å². The summed E-state index contributed by atoms with van der Waals surface area (Å²) in [5.74, 6) is 6.80. The number of benzene rings is 2. The summed E-state index contributed by atoms with van der Waals surface area (Å²) < 4.78 is 5.47. The molecule has 1 atom stereocenters. The molecule has 1 aliphatic heterocycles. The molecule has 1 fully saturated rings. The van der Waals surface area contributed by atoms with Crippen LogP contribution in [0, 0.1) is 11.8 Å². The summed E-state index contributed by atoms with van der Waals surface area (Å²) in [6.45, 7) is 3.53. The van der Waals surface area contributed by atoms with Crippen LogP contribution in [0.5, 0.6) is 0 Å². The fourth-order valence-corrected chi connectivity index (χ4v) is 2.69. The molecule has 0 radical (unpaired) electrons. The minimum atomic E-state index is 0.242. The van der Waals surface area contributed by atoms with E-state index in [-0.39, 0.29) is 6.04 Å². The Bertz CT molecular complexity index is 621. The van der Waals surface area contributed by atoms with Crippen molar-refractivity contribution in [2.75, 3.05) is 26.3 Å². The lowest BCUT2D eigenvalue weighted by molar-refractivity contribution is 0.0273. The average Bonchev–Trinajstić information content (AvgIpc) is 2.61. The van der Waals surface area contributed by atoms with Crippen LogP contribution in [0.1, 0.15) is 11.1 Å². The second-order valence-electron chi connectivity index (χ2n) is 5.49. The van der Waals surface area contributed by atoms with Gasteiger partial charge in [0.15, 0.2) is 0 Å². The number of rotatable bonds is 3. The quantitative estimate of drug-likeness (QED) is 0.806. The van der Waals surface area contributed by atoms with Crippen LogP contribution in [0.15, 0.2) is 60.7 Å². The highest BCUT2D eigenvalue weighted by Crippen LogP contribution is 2.11. The van der Waals surface area contributed by atoms with Crippen molar-refractivity contribution in [3.05, 3.63) is 71.8 Å². The van der Waals surface area contributed by atoms with Gasteiger partial charge in [-0.1, -0.05) is 60.4 Å². The number of ether oxygens (including phenoxy) is 1. The molecule has 2 heteroatoms. The van der Waals surface area contributed by atoms with E-state index in [0.717, 1.165) is 38.3 Å². The average molecular weight is 291 g/mol. The van der Waals surface area contributed by atoms with Gasteiger partial charge in [0.25, 0.3) is 0 Å². The van der Waals surface area contributed by atoms with E-state index >= 15 is 0 Å². The fourth-order valence-electron chi connectivity index (χ4n) is 2.69. The number of morpholine rings is 1. The third-order valence-electron chi connectivity index (χ3n) is 3.92. The Kier molecular flexibility index (Phi) is 5.26. The van der Waals surface area contributed by atoms with Crippen LogP contribution >= 0.6 is 0 Å². The molecule has 112 valence electrons. The molecule has 1 saturated heterocycles. The van der Waals surface area contributed by atoms with E-state index in [0.29, 0.717) is 0 Å². The maximum atomic E-state index is 5.47. The molecule has 2 aromatic rings. The lowest BCUT2D eigenvalue weighted by Gasteiger charge is -2.31. The third-order valence-corrected chi connectivity index (χ3v) is 3.92. The van der Waals surface area contributed by atoms with E-state index in [1.807, 2.05) is 18.2 Å². The van der Waals surface area contributed by atoms with Crippen LogP contribution in [-0.4, -0.2) is 37.2 Å². The molecule has 0 aromatic heterocycles. The van der Waals surface area contributed by atoms with Crippen molar-refractivity contribution in [3.63, 3.8) is 0 Å². The van der Waals surface area contributed by atoms with Gasteiger partial charge in [-0.15, -0.1) is 0 Å². The van der Waals surface area contributed by atoms with Gasteiger partial charge in [-0.2, -0.15) is 0 Å². The van der Waals surface area contributed by atoms with Gasteiger partial charge in [0.2, 0.25) is 0 Å². The van der Waals surface area contributed by atoms with Gasteiger partial charge in [-0.3, -0.25) is 4.90 Å². The first-order valence-electron chi connectivity index (χ1n) is 7.84. The first-order valence-corrected chi connectivity index (χ1v) is 7.84. The van der Waals surface area contributed by atoms with Crippen molar-refractivity contribution in [1.29, 1.82) is 0 Å². The second-order valence-corrected chi connectivity index (χ2v) is 5.49. The zero-order valence-corrected chi connectivity index (χ0v) is 12.7. The maximum absolute atomic E-state index is 5.47.